The van der Waals surface area contributed by atoms with Crippen molar-refractivity contribution >= 4 is 29.7 Å². The molecule has 5 atom stereocenters. The number of carboxylic acid groups (broad SMARTS) is 1. The van der Waals surface area contributed by atoms with Crippen molar-refractivity contribution in [3.05, 3.63) is 0 Å². The Labute approximate surface area is 225 Å². The van der Waals surface area contributed by atoms with Crippen molar-refractivity contribution in [2.45, 2.75) is 123 Å². The molecule has 2 saturated heterocycles. The molecule has 3 N–H and O–H groups in total. The second-order valence-corrected chi connectivity index (χ2v) is 13.0. The van der Waals surface area contributed by atoms with E-state index in [2.05, 4.69) is 10.6 Å². The molecule has 2 aliphatic rings. The summed E-state index contributed by atoms with van der Waals surface area (Å²) in [7, 11) is 0. The average Bonchev–Trinajstić information content (AvgIpc) is 3.11. The van der Waals surface area contributed by atoms with Gasteiger partial charge in [-0.2, -0.15) is 0 Å². The van der Waals surface area contributed by atoms with Crippen molar-refractivity contribution in [2.75, 3.05) is 6.54 Å². The van der Waals surface area contributed by atoms with E-state index in [1.165, 1.54) is 4.90 Å². The highest BCUT2D eigenvalue weighted by molar-refractivity contribution is 6.35. The first-order valence-corrected chi connectivity index (χ1v) is 13.3. The number of rotatable bonds is 8. The molecule has 3 amide bonds. The molecule has 0 bridgehead atoms. The van der Waals surface area contributed by atoms with Crippen LogP contribution in [0.15, 0.2) is 0 Å². The SMILES string of the molecule is CCCC(NC(=O)[C@@H]1[C@@H]2CCC(C)(C)OC2CN1C(=O)[C@@H](NC(=O)OC(C)(C)C)C(C)(C)C)C(=O)C(=O)O. The lowest BCUT2D eigenvalue weighted by Gasteiger charge is -2.39. The molecule has 0 spiro atoms. The standard InChI is InChI=1S/C27H45N3O8/c1-10-11-16(19(31)23(34)35)28-21(32)18-15-12-13-27(8,9)37-17(15)14-30(18)22(33)20(25(2,3)4)29-24(36)38-26(5,6)7/h15-18,20H,10-14H2,1-9H3,(H,28,32)(H,29,36)(H,34,35)/t15-,16?,17?,18+,20-/m1/s1. The number of hydrogen-bond donors (Lipinski definition) is 3. The van der Waals surface area contributed by atoms with E-state index >= 15 is 0 Å². The summed E-state index contributed by atoms with van der Waals surface area (Å²) < 4.78 is 11.6. The number of fused-ring (bicyclic) bond motifs is 1. The van der Waals surface area contributed by atoms with Gasteiger partial charge in [0.15, 0.2) is 0 Å². The molecule has 11 nitrogen and oxygen atoms in total. The number of aliphatic carboxylic acids is 1. The van der Waals surface area contributed by atoms with Crippen LogP contribution in [0.2, 0.25) is 0 Å². The van der Waals surface area contributed by atoms with Crippen LogP contribution in [-0.4, -0.2) is 81.6 Å². The molecular formula is C27H45N3O8. The van der Waals surface area contributed by atoms with Gasteiger partial charge in [0.25, 0.3) is 5.78 Å². The Balaban J connectivity index is 2.42. The lowest BCUT2D eigenvalue weighted by Crippen LogP contribution is -2.60. The third-order valence-corrected chi connectivity index (χ3v) is 6.89. The monoisotopic (exact) mass is 539 g/mol. The lowest BCUT2D eigenvalue weighted by atomic mass is 9.83. The van der Waals surface area contributed by atoms with Gasteiger partial charge in [-0.1, -0.05) is 34.1 Å². The summed E-state index contributed by atoms with van der Waals surface area (Å²) in [5, 5.41) is 14.5. The number of carboxylic acids is 1. The summed E-state index contributed by atoms with van der Waals surface area (Å²) in [5.41, 5.74) is -1.94. The smallest absolute Gasteiger partial charge is 0.408 e. The van der Waals surface area contributed by atoms with E-state index in [0.29, 0.717) is 19.3 Å². The normalized spacial score (nSPS) is 24.6. The summed E-state index contributed by atoms with van der Waals surface area (Å²) >= 11 is 0. The second-order valence-electron chi connectivity index (χ2n) is 13.0. The molecule has 2 heterocycles. The number of amides is 3. The van der Waals surface area contributed by atoms with E-state index < -0.39 is 70.5 Å². The summed E-state index contributed by atoms with van der Waals surface area (Å²) in [6.07, 6.45) is 0.707. The molecular weight excluding hydrogens is 494 g/mol. The zero-order valence-corrected chi connectivity index (χ0v) is 24.2. The van der Waals surface area contributed by atoms with E-state index in [1.54, 1.807) is 48.5 Å². The first-order valence-electron chi connectivity index (χ1n) is 13.3. The Morgan fingerprint density at radius 1 is 1.08 bits per heavy atom. The van der Waals surface area contributed by atoms with Gasteiger partial charge in [0.2, 0.25) is 11.8 Å². The van der Waals surface area contributed by atoms with Crippen LogP contribution in [0.3, 0.4) is 0 Å². The van der Waals surface area contributed by atoms with Crippen molar-refractivity contribution in [1.82, 2.24) is 15.5 Å². The van der Waals surface area contributed by atoms with Crippen molar-refractivity contribution in [3.63, 3.8) is 0 Å². The summed E-state index contributed by atoms with van der Waals surface area (Å²) in [6, 6.07) is -3.22. The molecule has 11 heteroatoms. The predicted molar refractivity (Wildman–Crippen MR) is 139 cm³/mol. The highest BCUT2D eigenvalue weighted by atomic mass is 16.6. The molecule has 216 valence electrons. The van der Waals surface area contributed by atoms with E-state index in [9.17, 15) is 29.1 Å². The van der Waals surface area contributed by atoms with Gasteiger partial charge >= 0.3 is 12.1 Å². The minimum atomic E-state index is -1.63. The molecule has 0 aromatic rings. The van der Waals surface area contributed by atoms with Crippen molar-refractivity contribution in [2.24, 2.45) is 11.3 Å². The van der Waals surface area contributed by atoms with Gasteiger partial charge in [-0.25, -0.2) is 9.59 Å². The topological polar surface area (TPSA) is 151 Å². The maximum atomic E-state index is 14.0. The zero-order valence-electron chi connectivity index (χ0n) is 24.2. The molecule has 2 aliphatic heterocycles. The molecule has 2 unspecified atom stereocenters. The molecule has 0 aromatic carbocycles. The van der Waals surface area contributed by atoms with Gasteiger partial charge in [-0.05, 0) is 59.3 Å². The van der Waals surface area contributed by atoms with E-state index in [4.69, 9.17) is 9.47 Å². The number of ketones is 1. The summed E-state index contributed by atoms with van der Waals surface area (Å²) in [5.74, 6) is -4.16. The number of likely N-dealkylation sites (tertiary alicyclic amines) is 1. The Hall–Kier alpha value is -2.69. The van der Waals surface area contributed by atoms with Crippen LogP contribution in [0.25, 0.3) is 0 Å². The quantitative estimate of drug-likeness (QED) is 0.398. The number of ether oxygens (including phenoxy) is 2. The molecule has 0 aliphatic carbocycles. The Kier molecular flexibility index (Phi) is 9.62. The first-order chi connectivity index (χ1) is 17.3. The van der Waals surface area contributed by atoms with Gasteiger partial charge < -0.3 is 30.1 Å². The molecule has 0 radical (unpaired) electrons. The maximum absolute atomic E-state index is 14.0. The minimum Gasteiger partial charge on any atom is -0.475 e. The van der Waals surface area contributed by atoms with Gasteiger partial charge in [-0.3, -0.25) is 14.4 Å². The van der Waals surface area contributed by atoms with E-state index in [0.717, 1.165) is 0 Å². The van der Waals surface area contributed by atoms with Crippen LogP contribution >= 0.6 is 0 Å². The predicted octanol–water partition coefficient (Wildman–Crippen LogP) is 2.65. The summed E-state index contributed by atoms with van der Waals surface area (Å²) in [6.45, 7) is 16.4. The molecule has 0 aromatic heterocycles. The lowest BCUT2D eigenvalue weighted by molar-refractivity contribution is -0.151. The number of alkyl carbamates (subject to hydrolysis) is 1. The highest BCUT2D eigenvalue weighted by Gasteiger charge is 2.54. The molecule has 38 heavy (non-hydrogen) atoms. The van der Waals surface area contributed by atoms with Crippen LogP contribution in [0, 0.1) is 11.3 Å². The van der Waals surface area contributed by atoms with Crippen molar-refractivity contribution in [3.8, 4) is 0 Å². The largest absolute Gasteiger partial charge is 0.475 e. The van der Waals surface area contributed by atoms with Gasteiger partial charge in [0.05, 0.1) is 17.7 Å². The van der Waals surface area contributed by atoms with Crippen LogP contribution in [0.4, 0.5) is 4.79 Å². The zero-order chi connectivity index (χ0) is 29.2. The molecule has 2 rings (SSSR count). The van der Waals surface area contributed by atoms with Crippen LogP contribution in [0.5, 0.6) is 0 Å². The molecule has 0 saturated carbocycles. The maximum Gasteiger partial charge on any atom is 0.408 e. The third kappa shape index (κ3) is 7.91. The average molecular weight is 540 g/mol. The van der Waals surface area contributed by atoms with Crippen LogP contribution < -0.4 is 10.6 Å². The number of hydrogen-bond acceptors (Lipinski definition) is 7. The van der Waals surface area contributed by atoms with Gasteiger partial charge in [0, 0.05) is 12.5 Å². The summed E-state index contributed by atoms with van der Waals surface area (Å²) in [4.78, 5) is 65.3. The second kappa shape index (κ2) is 11.6. The minimum absolute atomic E-state index is 0.124. The van der Waals surface area contributed by atoms with Crippen LogP contribution in [0.1, 0.15) is 88.0 Å². The van der Waals surface area contributed by atoms with Crippen molar-refractivity contribution in [1.29, 1.82) is 0 Å². The van der Waals surface area contributed by atoms with Gasteiger partial charge in [-0.15, -0.1) is 0 Å². The number of nitrogens with zero attached hydrogens (tertiary/aromatic N) is 1. The fraction of sp³-hybridized carbons (Fsp3) is 0.815. The Bertz CT molecular complexity index is 934. The van der Waals surface area contributed by atoms with E-state index in [-0.39, 0.29) is 18.9 Å². The number of carbonyl (C=O) groups excluding carboxylic acids is 4. The fourth-order valence-corrected chi connectivity index (χ4v) is 5.10. The van der Waals surface area contributed by atoms with Gasteiger partial charge in [0.1, 0.15) is 17.7 Å². The number of nitrogens with one attached hydrogen (secondary N) is 2. The highest BCUT2D eigenvalue weighted by Crippen LogP contribution is 2.41. The first kappa shape index (κ1) is 31.5. The van der Waals surface area contributed by atoms with Crippen molar-refractivity contribution < 1.29 is 38.6 Å². The number of Topliss-reactive ketones (excluding diaryl/α,β-unsaturated/α-hetero) is 1. The van der Waals surface area contributed by atoms with Crippen LogP contribution in [-0.2, 0) is 28.7 Å². The third-order valence-electron chi connectivity index (χ3n) is 6.89. The Morgan fingerprint density at radius 2 is 1.68 bits per heavy atom. The van der Waals surface area contributed by atoms with E-state index in [1.807, 2.05) is 13.8 Å². The fourth-order valence-electron chi connectivity index (χ4n) is 5.10. The number of carbonyl (C=O) groups is 5. The Morgan fingerprint density at radius 3 is 2.18 bits per heavy atom. The molecule has 2 fully saturated rings.